The second-order valence-electron chi connectivity index (χ2n) is 4.73. The predicted molar refractivity (Wildman–Crippen MR) is 90.1 cm³/mol. The van der Waals surface area contributed by atoms with Gasteiger partial charge >= 0.3 is 0 Å². The lowest BCUT2D eigenvalue weighted by atomic mass is 9.99. The smallest absolute Gasteiger partial charge is 0.0736 e. The number of hydrogen-bond donors (Lipinski definition) is 2. The first-order valence-corrected chi connectivity index (χ1v) is 7.62. The zero-order valence-corrected chi connectivity index (χ0v) is 13.4. The molecule has 0 amide bonds. The molecule has 3 rings (SSSR count). The molecule has 1 heterocycles. The lowest BCUT2D eigenvalue weighted by Crippen LogP contribution is -2.29. The zero-order chi connectivity index (χ0) is 14.8. The van der Waals surface area contributed by atoms with Gasteiger partial charge in [-0.15, -0.1) is 0 Å². The van der Waals surface area contributed by atoms with E-state index in [0.717, 1.165) is 26.5 Å². The van der Waals surface area contributed by atoms with Crippen LogP contribution in [0.25, 0.3) is 10.9 Å². The van der Waals surface area contributed by atoms with Crippen LogP contribution in [0.15, 0.2) is 59.2 Å². The van der Waals surface area contributed by atoms with Gasteiger partial charge in [0.25, 0.3) is 0 Å². The van der Waals surface area contributed by atoms with E-state index in [0.29, 0.717) is 5.02 Å². The van der Waals surface area contributed by atoms with Crippen LogP contribution >= 0.6 is 27.5 Å². The summed E-state index contributed by atoms with van der Waals surface area (Å²) >= 11 is 9.53. The van der Waals surface area contributed by atoms with Crippen molar-refractivity contribution in [1.29, 1.82) is 0 Å². The number of nitrogens with one attached hydrogen (secondary N) is 1. The topological polar surface area (TPSA) is 50.9 Å². The van der Waals surface area contributed by atoms with E-state index in [1.54, 1.807) is 0 Å². The number of benzene rings is 2. The highest BCUT2D eigenvalue weighted by Crippen LogP contribution is 2.31. The van der Waals surface area contributed by atoms with Gasteiger partial charge in [0.05, 0.1) is 11.6 Å². The Hall–Kier alpha value is -1.46. The molecule has 0 radical (unpaired) electrons. The summed E-state index contributed by atoms with van der Waals surface area (Å²) in [4.78, 5) is 4.49. The lowest BCUT2D eigenvalue weighted by Gasteiger charge is -2.18. The number of nitrogens with zero attached hydrogens (tertiary/aromatic N) is 1. The number of pyridine rings is 1. The number of para-hydroxylation sites is 1. The molecule has 21 heavy (non-hydrogen) atoms. The predicted octanol–water partition coefficient (Wildman–Crippen LogP) is 4.20. The molecule has 5 heteroatoms. The molecule has 3 N–H and O–H groups in total. The molecule has 2 aromatic carbocycles. The molecule has 1 aromatic heterocycles. The molecule has 3 nitrogen and oxygen atoms in total. The maximum Gasteiger partial charge on any atom is 0.0736 e. The summed E-state index contributed by atoms with van der Waals surface area (Å²) in [5, 5.41) is 1.76. The molecule has 0 saturated heterocycles. The number of halogens is 2. The van der Waals surface area contributed by atoms with Gasteiger partial charge in [0.1, 0.15) is 0 Å². The molecule has 1 unspecified atom stereocenters. The standard InChI is InChI=1S/C16H13BrClN3/c17-14-8-12(18)5-6-13(14)16(21-19)11-7-10-3-1-2-4-15(10)20-9-11/h1-9,16,21H,19H2. The quantitative estimate of drug-likeness (QED) is 0.542. The third-order valence-electron chi connectivity index (χ3n) is 3.39. The van der Waals surface area contributed by atoms with Crippen molar-refractivity contribution in [2.75, 3.05) is 0 Å². The second kappa shape index (κ2) is 6.12. The Morgan fingerprint density at radius 3 is 2.71 bits per heavy atom. The Balaban J connectivity index is 2.09. The summed E-state index contributed by atoms with van der Waals surface area (Å²) in [6.07, 6.45) is 1.84. The lowest BCUT2D eigenvalue weighted by molar-refractivity contribution is 0.633. The van der Waals surface area contributed by atoms with Gasteiger partial charge in [-0.1, -0.05) is 51.8 Å². The number of nitrogens with two attached hydrogens (primary N) is 1. The molecule has 106 valence electrons. The average Bonchev–Trinajstić information content (AvgIpc) is 2.50. The first-order valence-electron chi connectivity index (χ1n) is 6.45. The zero-order valence-electron chi connectivity index (χ0n) is 11.1. The van der Waals surface area contributed by atoms with Gasteiger partial charge in [-0.2, -0.15) is 0 Å². The van der Waals surface area contributed by atoms with E-state index in [2.05, 4.69) is 32.4 Å². The van der Waals surface area contributed by atoms with Crippen LogP contribution in [-0.2, 0) is 0 Å². The summed E-state index contributed by atoms with van der Waals surface area (Å²) in [5.74, 6) is 5.76. The molecule has 0 saturated carbocycles. The highest BCUT2D eigenvalue weighted by Gasteiger charge is 2.16. The minimum Gasteiger partial charge on any atom is -0.271 e. The second-order valence-corrected chi connectivity index (χ2v) is 6.02. The minimum absolute atomic E-state index is 0.159. The van der Waals surface area contributed by atoms with Gasteiger partial charge in [0.15, 0.2) is 0 Å². The fourth-order valence-electron chi connectivity index (χ4n) is 2.35. The third-order valence-corrected chi connectivity index (χ3v) is 4.31. The first-order chi connectivity index (χ1) is 10.2. The highest BCUT2D eigenvalue weighted by atomic mass is 79.9. The normalized spacial score (nSPS) is 12.5. The summed E-state index contributed by atoms with van der Waals surface area (Å²) in [7, 11) is 0. The number of fused-ring (bicyclic) bond motifs is 1. The SMILES string of the molecule is NNC(c1cnc2ccccc2c1)c1ccc(Cl)cc1Br. The fraction of sp³-hybridized carbons (Fsp3) is 0.0625. The van der Waals surface area contributed by atoms with Crippen molar-refractivity contribution in [2.45, 2.75) is 6.04 Å². The van der Waals surface area contributed by atoms with Crippen molar-refractivity contribution in [3.63, 3.8) is 0 Å². The van der Waals surface area contributed by atoms with Crippen molar-refractivity contribution in [1.82, 2.24) is 10.4 Å². The van der Waals surface area contributed by atoms with E-state index < -0.39 is 0 Å². The molecule has 0 spiro atoms. The Kier molecular flexibility index (Phi) is 4.22. The van der Waals surface area contributed by atoms with Crippen molar-refractivity contribution >= 4 is 38.4 Å². The van der Waals surface area contributed by atoms with Crippen LogP contribution in [0.2, 0.25) is 5.02 Å². The monoisotopic (exact) mass is 361 g/mol. The van der Waals surface area contributed by atoms with Crippen molar-refractivity contribution in [2.24, 2.45) is 5.84 Å². The third kappa shape index (κ3) is 2.94. The molecular weight excluding hydrogens is 350 g/mol. The molecule has 0 bridgehead atoms. The van der Waals surface area contributed by atoms with Gasteiger partial charge in [-0.05, 0) is 35.4 Å². The van der Waals surface area contributed by atoms with Crippen molar-refractivity contribution in [3.8, 4) is 0 Å². The molecule has 1 atom stereocenters. The first kappa shape index (κ1) is 14.5. The van der Waals surface area contributed by atoms with Gasteiger partial charge in [-0.3, -0.25) is 10.8 Å². The number of aromatic nitrogens is 1. The summed E-state index contributed by atoms with van der Waals surface area (Å²) in [5.41, 5.74) is 5.82. The van der Waals surface area contributed by atoms with Crippen molar-refractivity contribution < 1.29 is 0 Å². The molecular formula is C16H13BrClN3. The number of rotatable bonds is 3. The summed E-state index contributed by atoms with van der Waals surface area (Å²) in [6.45, 7) is 0. The van der Waals surface area contributed by atoms with E-state index in [-0.39, 0.29) is 6.04 Å². The number of hydrogen-bond acceptors (Lipinski definition) is 3. The Morgan fingerprint density at radius 1 is 1.14 bits per heavy atom. The van der Waals surface area contributed by atoms with Crippen LogP contribution in [0, 0.1) is 0 Å². The maximum atomic E-state index is 5.99. The Bertz CT molecular complexity index is 791. The van der Waals surface area contributed by atoms with Crippen LogP contribution in [0.1, 0.15) is 17.2 Å². The van der Waals surface area contributed by atoms with E-state index in [1.165, 1.54) is 0 Å². The van der Waals surface area contributed by atoms with E-state index in [9.17, 15) is 0 Å². The van der Waals surface area contributed by atoms with Crippen LogP contribution in [0.5, 0.6) is 0 Å². The van der Waals surface area contributed by atoms with Crippen molar-refractivity contribution in [3.05, 3.63) is 75.4 Å². The van der Waals surface area contributed by atoms with E-state index in [1.807, 2.05) is 48.7 Å². The molecule has 0 fully saturated rings. The Labute approximate surface area is 136 Å². The van der Waals surface area contributed by atoms with Crippen LogP contribution < -0.4 is 11.3 Å². The Morgan fingerprint density at radius 2 is 1.95 bits per heavy atom. The molecule has 0 aliphatic rings. The molecule has 0 aliphatic heterocycles. The maximum absolute atomic E-state index is 5.99. The number of hydrazine groups is 1. The summed E-state index contributed by atoms with van der Waals surface area (Å²) < 4.78 is 0.908. The van der Waals surface area contributed by atoms with E-state index in [4.69, 9.17) is 17.4 Å². The van der Waals surface area contributed by atoms with Gasteiger partial charge in [0.2, 0.25) is 0 Å². The molecule has 0 aliphatic carbocycles. The average molecular weight is 363 g/mol. The molecule has 3 aromatic rings. The largest absolute Gasteiger partial charge is 0.271 e. The van der Waals surface area contributed by atoms with Crippen LogP contribution in [0.3, 0.4) is 0 Å². The fourth-order valence-corrected chi connectivity index (χ4v) is 3.26. The summed E-state index contributed by atoms with van der Waals surface area (Å²) in [6, 6.07) is 15.6. The van der Waals surface area contributed by atoms with Crippen LogP contribution in [0.4, 0.5) is 0 Å². The van der Waals surface area contributed by atoms with Gasteiger partial charge < -0.3 is 0 Å². The van der Waals surface area contributed by atoms with Crippen LogP contribution in [-0.4, -0.2) is 4.98 Å². The highest BCUT2D eigenvalue weighted by molar-refractivity contribution is 9.10. The van der Waals surface area contributed by atoms with Gasteiger partial charge in [-0.25, -0.2) is 5.43 Å². The van der Waals surface area contributed by atoms with Gasteiger partial charge in [0, 0.05) is 21.1 Å². The minimum atomic E-state index is -0.159. The van der Waals surface area contributed by atoms with E-state index >= 15 is 0 Å².